The summed E-state index contributed by atoms with van der Waals surface area (Å²) in [6.45, 7) is 3.68. The summed E-state index contributed by atoms with van der Waals surface area (Å²) in [6, 6.07) is 8.86. The number of carbonyl (C=O) groups excluding carboxylic acids is 1. The van der Waals surface area contributed by atoms with Crippen molar-refractivity contribution in [1.82, 2.24) is 9.97 Å². The normalized spacial score (nSPS) is 16.4. The van der Waals surface area contributed by atoms with Gasteiger partial charge < -0.3 is 20.1 Å². The zero-order chi connectivity index (χ0) is 17.5. The Morgan fingerprint density at radius 2 is 2.16 bits per heavy atom. The zero-order valence-corrected chi connectivity index (χ0v) is 14.2. The minimum Gasteiger partial charge on any atom is -0.462 e. The number of carbonyl (C=O) groups is 1. The first-order chi connectivity index (χ1) is 12.2. The van der Waals surface area contributed by atoms with Gasteiger partial charge in [-0.15, -0.1) is 0 Å². The molecule has 1 aromatic heterocycles. The molecule has 1 aliphatic rings. The van der Waals surface area contributed by atoms with E-state index in [0.29, 0.717) is 30.5 Å². The first-order valence-electron chi connectivity index (χ1n) is 8.47. The van der Waals surface area contributed by atoms with Crippen LogP contribution in [-0.2, 0) is 9.47 Å². The molecule has 25 heavy (non-hydrogen) atoms. The molecule has 7 heteroatoms. The Hall–Kier alpha value is -2.67. The highest BCUT2D eigenvalue weighted by molar-refractivity contribution is 5.89. The average molecular weight is 342 g/mol. The van der Waals surface area contributed by atoms with Gasteiger partial charge in [0.1, 0.15) is 5.82 Å². The van der Waals surface area contributed by atoms with E-state index in [4.69, 9.17) is 9.47 Å². The van der Waals surface area contributed by atoms with Gasteiger partial charge in [-0.05, 0) is 50.1 Å². The van der Waals surface area contributed by atoms with Crippen LogP contribution < -0.4 is 10.6 Å². The summed E-state index contributed by atoms with van der Waals surface area (Å²) in [5.74, 6) is 0.911. The molecule has 2 N–H and O–H groups in total. The lowest BCUT2D eigenvalue weighted by Gasteiger charge is -2.12. The van der Waals surface area contributed by atoms with E-state index in [-0.39, 0.29) is 12.1 Å². The molecule has 0 amide bonds. The second kappa shape index (κ2) is 8.43. The number of esters is 1. The van der Waals surface area contributed by atoms with Gasteiger partial charge in [0.05, 0.1) is 18.3 Å². The largest absolute Gasteiger partial charge is 0.462 e. The maximum absolute atomic E-state index is 11.7. The van der Waals surface area contributed by atoms with Crippen LogP contribution >= 0.6 is 0 Å². The molecule has 1 atom stereocenters. The lowest BCUT2D eigenvalue weighted by Crippen LogP contribution is -2.19. The molecule has 1 aromatic carbocycles. The van der Waals surface area contributed by atoms with Crippen molar-refractivity contribution in [2.45, 2.75) is 25.9 Å². The summed E-state index contributed by atoms with van der Waals surface area (Å²) in [6.07, 6.45) is 4.10. The molecule has 0 saturated carbocycles. The molecular weight excluding hydrogens is 320 g/mol. The van der Waals surface area contributed by atoms with Crippen LogP contribution in [0.4, 0.5) is 17.5 Å². The molecule has 2 aromatic rings. The zero-order valence-electron chi connectivity index (χ0n) is 14.2. The van der Waals surface area contributed by atoms with Crippen molar-refractivity contribution in [3.63, 3.8) is 0 Å². The van der Waals surface area contributed by atoms with Gasteiger partial charge in [0, 0.05) is 25.0 Å². The van der Waals surface area contributed by atoms with Crippen molar-refractivity contribution in [1.29, 1.82) is 0 Å². The number of benzene rings is 1. The van der Waals surface area contributed by atoms with Gasteiger partial charge in [-0.2, -0.15) is 4.98 Å². The van der Waals surface area contributed by atoms with E-state index >= 15 is 0 Å². The van der Waals surface area contributed by atoms with E-state index in [1.54, 1.807) is 31.3 Å². The molecule has 132 valence electrons. The fourth-order valence-corrected chi connectivity index (χ4v) is 2.58. The molecule has 1 aliphatic heterocycles. The Morgan fingerprint density at radius 1 is 1.32 bits per heavy atom. The Morgan fingerprint density at radius 3 is 2.88 bits per heavy atom. The van der Waals surface area contributed by atoms with Crippen molar-refractivity contribution in [2.75, 3.05) is 30.4 Å². The molecule has 2 heterocycles. The first kappa shape index (κ1) is 17.2. The summed E-state index contributed by atoms with van der Waals surface area (Å²) in [5, 5.41) is 6.40. The predicted octanol–water partition coefficient (Wildman–Crippen LogP) is 2.99. The molecule has 0 bridgehead atoms. The molecule has 7 nitrogen and oxygen atoms in total. The van der Waals surface area contributed by atoms with Crippen LogP contribution in [0.5, 0.6) is 0 Å². The number of ether oxygens (including phenoxy) is 2. The molecule has 1 saturated heterocycles. The molecule has 0 spiro atoms. The number of hydrogen-bond acceptors (Lipinski definition) is 7. The highest BCUT2D eigenvalue weighted by Gasteiger charge is 2.15. The van der Waals surface area contributed by atoms with Gasteiger partial charge in [0.2, 0.25) is 5.95 Å². The fourth-order valence-electron chi connectivity index (χ4n) is 2.58. The van der Waals surface area contributed by atoms with Gasteiger partial charge >= 0.3 is 5.97 Å². The summed E-state index contributed by atoms with van der Waals surface area (Å²) >= 11 is 0. The van der Waals surface area contributed by atoms with Crippen LogP contribution in [0.15, 0.2) is 36.5 Å². The standard InChI is InChI=1S/C18H22N4O3/c1-2-24-17(23)13-5-7-14(8-6-13)21-16-9-10-19-18(22-16)20-12-15-4-3-11-25-15/h5-10,15H,2-4,11-12H2,1H3,(H2,19,20,21,22). The van der Waals surface area contributed by atoms with Gasteiger partial charge in [-0.3, -0.25) is 0 Å². The van der Waals surface area contributed by atoms with Crippen LogP contribution in [-0.4, -0.2) is 41.8 Å². The number of hydrogen-bond donors (Lipinski definition) is 2. The van der Waals surface area contributed by atoms with Crippen molar-refractivity contribution >= 4 is 23.4 Å². The second-order valence-electron chi connectivity index (χ2n) is 5.70. The topological polar surface area (TPSA) is 85.4 Å². The Labute approximate surface area is 146 Å². The quantitative estimate of drug-likeness (QED) is 0.748. The van der Waals surface area contributed by atoms with E-state index in [1.807, 2.05) is 12.1 Å². The molecule has 0 aliphatic carbocycles. The van der Waals surface area contributed by atoms with Gasteiger partial charge in [0.15, 0.2) is 0 Å². The van der Waals surface area contributed by atoms with Crippen LogP contribution in [0.25, 0.3) is 0 Å². The number of nitrogens with one attached hydrogen (secondary N) is 2. The minimum atomic E-state index is -0.322. The molecule has 0 radical (unpaired) electrons. The third-order valence-corrected chi connectivity index (χ3v) is 3.84. The number of rotatable bonds is 7. The second-order valence-corrected chi connectivity index (χ2v) is 5.70. The summed E-state index contributed by atoms with van der Waals surface area (Å²) < 4.78 is 10.5. The third-order valence-electron chi connectivity index (χ3n) is 3.84. The van der Waals surface area contributed by atoms with Crippen molar-refractivity contribution in [3.8, 4) is 0 Å². The third kappa shape index (κ3) is 4.90. The number of anilines is 3. The van der Waals surface area contributed by atoms with Crippen LogP contribution in [0.1, 0.15) is 30.1 Å². The highest BCUT2D eigenvalue weighted by Crippen LogP contribution is 2.17. The molecule has 3 rings (SSSR count). The summed E-state index contributed by atoms with van der Waals surface area (Å²) in [4.78, 5) is 20.3. The van der Waals surface area contributed by atoms with E-state index in [1.165, 1.54) is 0 Å². The molecular formula is C18H22N4O3. The highest BCUT2D eigenvalue weighted by atomic mass is 16.5. The van der Waals surface area contributed by atoms with Crippen LogP contribution in [0.3, 0.4) is 0 Å². The van der Waals surface area contributed by atoms with Crippen LogP contribution in [0, 0.1) is 0 Å². The summed E-state index contributed by atoms with van der Waals surface area (Å²) in [7, 11) is 0. The molecule has 1 fully saturated rings. The number of nitrogens with zero attached hydrogens (tertiary/aromatic N) is 2. The van der Waals surface area contributed by atoms with Gasteiger partial charge in [-0.25, -0.2) is 9.78 Å². The average Bonchev–Trinajstić information content (AvgIpc) is 3.15. The Bertz CT molecular complexity index is 700. The van der Waals surface area contributed by atoms with Gasteiger partial charge in [0.25, 0.3) is 0 Å². The van der Waals surface area contributed by atoms with E-state index in [2.05, 4.69) is 20.6 Å². The maximum Gasteiger partial charge on any atom is 0.338 e. The smallest absolute Gasteiger partial charge is 0.338 e. The van der Waals surface area contributed by atoms with Gasteiger partial charge in [-0.1, -0.05) is 0 Å². The number of aromatic nitrogens is 2. The maximum atomic E-state index is 11.7. The van der Waals surface area contributed by atoms with Crippen molar-refractivity contribution < 1.29 is 14.3 Å². The lowest BCUT2D eigenvalue weighted by atomic mass is 10.2. The Balaban J connectivity index is 1.58. The van der Waals surface area contributed by atoms with E-state index in [0.717, 1.165) is 25.1 Å². The van der Waals surface area contributed by atoms with E-state index < -0.39 is 0 Å². The van der Waals surface area contributed by atoms with Crippen molar-refractivity contribution in [3.05, 3.63) is 42.1 Å². The first-order valence-corrected chi connectivity index (χ1v) is 8.47. The fraction of sp³-hybridized carbons (Fsp3) is 0.389. The minimum absolute atomic E-state index is 0.232. The monoisotopic (exact) mass is 342 g/mol. The predicted molar refractivity (Wildman–Crippen MR) is 95.2 cm³/mol. The van der Waals surface area contributed by atoms with E-state index in [9.17, 15) is 4.79 Å². The van der Waals surface area contributed by atoms with Crippen molar-refractivity contribution in [2.24, 2.45) is 0 Å². The SMILES string of the molecule is CCOC(=O)c1ccc(Nc2ccnc(NCC3CCCO3)n2)cc1. The molecule has 1 unspecified atom stereocenters. The summed E-state index contributed by atoms with van der Waals surface area (Å²) in [5.41, 5.74) is 1.35. The Kier molecular flexibility index (Phi) is 5.79. The lowest BCUT2D eigenvalue weighted by molar-refractivity contribution is 0.0526. The van der Waals surface area contributed by atoms with Crippen LogP contribution in [0.2, 0.25) is 0 Å².